The number of hydrogen-bond donors (Lipinski definition) is 0. The van der Waals surface area contributed by atoms with Crippen LogP contribution in [-0.4, -0.2) is 27.1 Å². The largest absolute Gasteiger partial charge is 1.00 e. The fraction of sp³-hybridized carbons (Fsp3) is 0.727. The SMILES string of the molecule is CCCCCCCCCCCCCCCCS(=O)(=O)c1ccc(S(=O)(=O)[O-])cc1.[Na+]. The molecule has 0 aliphatic heterocycles. The van der Waals surface area contributed by atoms with Gasteiger partial charge in [0.1, 0.15) is 10.1 Å². The van der Waals surface area contributed by atoms with Gasteiger partial charge in [-0.05, 0) is 30.7 Å². The molecule has 1 aromatic rings. The van der Waals surface area contributed by atoms with E-state index in [-0.39, 0.29) is 40.2 Å². The van der Waals surface area contributed by atoms with Crippen LogP contribution in [0.3, 0.4) is 0 Å². The van der Waals surface area contributed by atoms with E-state index >= 15 is 0 Å². The predicted molar refractivity (Wildman–Crippen MR) is 117 cm³/mol. The Morgan fingerprint density at radius 2 is 0.933 bits per heavy atom. The normalized spacial score (nSPS) is 11.9. The van der Waals surface area contributed by atoms with Gasteiger partial charge in [-0.1, -0.05) is 90.4 Å². The summed E-state index contributed by atoms with van der Waals surface area (Å²) in [5.74, 6) is 0.0501. The maximum absolute atomic E-state index is 12.3. The molecule has 0 aliphatic carbocycles. The van der Waals surface area contributed by atoms with Crippen molar-refractivity contribution in [1.82, 2.24) is 0 Å². The van der Waals surface area contributed by atoms with Gasteiger partial charge < -0.3 is 4.55 Å². The zero-order valence-electron chi connectivity index (χ0n) is 18.8. The quantitative estimate of drug-likeness (QED) is 0.199. The van der Waals surface area contributed by atoms with Gasteiger partial charge in [-0.15, -0.1) is 0 Å². The van der Waals surface area contributed by atoms with Crippen molar-refractivity contribution in [3.63, 3.8) is 0 Å². The maximum atomic E-state index is 12.3. The smallest absolute Gasteiger partial charge is 0.744 e. The molecule has 0 N–H and O–H groups in total. The van der Waals surface area contributed by atoms with Crippen molar-refractivity contribution < 1.29 is 50.9 Å². The summed E-state index contributed by atoms with van der Waals surface area (Å²) in [6, 6.07) is 4.51. The first-order chi connectivity index (χ1) is 13.8. The molecule has 0 saturated carbocycles. The third kappa shape index (κ3) is 13.5. The molecular formula is C22H37NaO5S2. The molecule has 8 heteroatoms. The molecule has 1 aromatic carbocycles. The number of unbranched alkanes of at least 4 members (excludes halogenated alkanes) is 13. The van der Waals surface area contributed by atoms with Crippen LogP contribution in [0.5, 0.6) is 0 Å². The predicted octanol–water partition coefficient (Wildman–Crippen LogP) is 2.85. The van der Waals surface area contributed by atoms with Crippen LogP contribution in [0.25, 0.3) is 0 Å². The molecule has 0 heterocycles. The van der Waals surface area contributed by atoms with Crippen molar-refractivity contribution >= 4 is 20.0 Å². The van der Waals surface area contributed by atoms with Crippen LogP contribution in [0, 0.1) is 0 Å². The second-order valence-corrected chi connectivity index (χ2v) is 11.3. The summed E-state index contributed by atoms with van der Waals surface area (Å²) in [7, 11) is -7.99. The molecule has 1 rings (SSSR count). The molecule has 0 aromatic heterocycles. The van der Waals surface area contributed by atoms with E-state index in [1.54, 1.807) is 0 Å². The van der Waals surface area contributed by atoms with Crippen molar-refractivity contribution in [2.24, 2.45) is 0 Å². The third-order valence-corrected chi connectivity index (χ3v) is 7.90. The molecule has 0 unspecified atom stereocenters. The first kappa shape index (κ1) is 30.1. The van der Waals surface area contributed by atoms with E-state index in [4.69, 9.17) is 0 Å². The zero-order valence-corrected chi connectivity index (χ0v) is 22.4. The van der Waals surface area contributed by atoms with Crippen molar-refractivity contribution in [1.29, 1.82) is 0 Å². The van der Waals surface area contributed by atoms with Crippen LogP contribution < -0.4 is 29.6 Å². The van der Waals surface area contributed by atoms with Crippen LogP contribution >= 0.6 is 0 Å². The van der Waals surface area contributed by atoms with E-state index in [9.17, 15) is 21.4 Å². The molecule has 0 aliphatic rings. The summed E-state index contributed by atoms with van der Waals surface area (Å²) in [4.78, 5) is -0.340. The van der Waals surface area contributed by atoms with Gasteiger partial charge in [0.2, 0.25) is 0 Å². The number of hydrogen-bond acceptors (Lipinski definition) is 5. The summed E-state index contributed by atoms with van der Waals surface area (Å²) in [5.41, 5.74) is 0. The summed E-state index contributed by atoms with van der Waals surface area (Å²) in [6.07, 6.45) is 16.9. The monoisotopic (exact) mass is 468 g/mol. The summed E-state index contributed by atoms with van der Waals surface area (Å²) >= 11 is 0. The average molecular weight is 469 g/mol. The van der Waals surface area contributed by atoms with E-state index in [2.05, 4.69) is 6.92 Å². The van der Waals surface area contributed by atoms with E-state index in [1.807, 2.05) is 0 Å². The van der Waals surface area contributed by atoms with Crippen LogP contribution in [0.2, 0.25) is 0 Å². The Kier molecular flexibility index (Phi) is 16.7. The van der Waals surface area contributed by atoms with E-state index in [0.29, 0.717) is 6.42 Å². The topological polar surface area (TPSA) is 91.3 Å². The van der Waals surface area contributed by atoms with Crippen LogP contribution in [0.15, 0.2) is 34.1 Å². The molecule has 0 atom stereocenters. The Morgan fingerprint density at radius 3 is 1.30 bits per heavy atom. The van der Waals surface area contributed by atoms with E-state index < -0.39 is 24.9 Å². The Morgan fingerprint density at radius 1 is 0.600 bits per heavy atom. The van der Waals surface area contributed by atoms with Gasteiger partial charge in [0, 0.05) is 0 Å². The van der Waals surface area contributed by atoms with Gasteiger partial charge in [-0.3, -0.25) is 0 Å². The zero-order chi connectivity index (χ0) is 21.6. The van der Waals surface area contributed by atoms with Crippen molar-refractivity contribution in [3.05, 3.63) is 24.3 Å². The van der Waals surface area contributed by atoms with Gasteiger partial charge in [0.25, 0.3) is 0 Å². The first-order valence-electron chi connectivity index (χ1n) is 11.1. The third-order valence-electron chi connectivity index (χ3n) is 5.24. The average Bonchev–Trinajstić information content (AvgIpc) is 2.67. The molecule has 0 amide bonds. The molecule has 0 spiro atoms. The van der Waals surface area contributed by atoms with Gasteiger partial charge in [0.05, 0.1) is 15.5 Å². The van der Waals surface area contributed by atoms with Crippen LogP contribution in [0.1, 0.15) is 96.8 Å². The summed E-state index contributed by atoms with van der Waals surface area (Å²) < 4.78 is 57.3. The Hall–Kier alpha value is 0.0800. The molecule has 0 saturated heterocycles. The number of sulfone groups is 1. The van der Waals surface area contributed by atoms with Crippen molar-refractivity contribution in [3.8, 4) is 0 Å². The Labute approximate surface area is 206 Å². The van der Waals surface area contributed by atoms with Crippen LogP contribution in [0.4, 0.5) is 0 Å². The summed E-state index contributed by atoms with van der Waals surface area (Å²) in [5, 5.41) is 0. The standard InChI is InChI=1S/C22H38O5S2.Na/c1-2-3-4-5-6-7-8-9-10-11-12-13-14-15-20-28(23,24)21-16-18-22(19-17-21)29(25,26)27;/h16-19H,2-15,20H2,1H3,(H,25,26,27);/q;+1/p-1. The molecule has 0 bridgehead atoms. The molecule has 0 radical (unpaired) electrons. The second-order valence-electron chi connectivity index (χ2n) is 7.84. The fourth-order valence-corrected chi connectivity index (χ4v) is 5.26. The van der Waals surface area contributed by atoms with Gasteiger partial charge in [0.15, 0.2) is 9.84 Å². The molecule has 30 heavy (non-hydrogen) atoms. The van der Waals surface area contributed by atoms with Gasteiger partial charge in [-0.2, -0.15) is 0 Å². The Bertz CT molecular complexity index is 759. The molecular weight excluding hydrogens is 431 g/mol. The number of benzene rings is 1. The van der Waals surface area contributed by atoms with Crippen LogP contribution in [-0.2, 0) is 20.0 Å². The van der Waals surface area contributed by atoms with E-state index in [1.165, 1.54) is 76.3 Å². The second kappa shape index (κ2) is 16.7. The first-order valence-corrected chi connectivity index (χ1v) is 14.1. The minimum absolute atomic E-state index is 0. The van der Waals surface area contributed by atoms with Crippen molar-refractivity contribution in [2.45, 2.75) is 107 Å². The van der Waals surface area contributed by atoms with E-state index in [0.717, 1.165) is 31.4 Å². The van der Waals surface area contributed by atoms with Gasteiger partial charge >= 0.3 is 29.6 Å². The number of rotatable bonds is 17. The van der Waals surface area contributed by atoms with Gasteiger partial charge in [-0.25, -0.2) is 16.8 Å². The molecule has 0 fully saturated rings. The Balaban J connectivity index is 0.00000841. The minimum Gasteiger partial charge on any atom is -0.744 e. The molecule has 5 nitrogen and oxygen atoms in total. The van der Waals surface area contributed by atoms with Crippen molar-refractivity contribution in [2.75, 3.05) is 5.75 Å². The minimum atomic E-state index is -4.55. The molecule has 168 valence electrons. The summed E-state index contributed by atoms with van der Waals surface area (Å²) in [6.45, 7) is 2.24. The fourth-order valence-electron chi connectivity index (χ4n) is 3.42. The maximum Gasteiger partial charge on any atom is 1.00 e.